The van der Waals surface area contributed by atoms with E-state index in [1.54, 1.807) is 28.0 Å². The second-order valence-electron chi connectivity index (χ2n) is 7.68. The molecule has 1 aromatic carbocycles. The zero-order valence-corrected chi connectivity index (χ0v) is 17.3. The number of anilines is 1. The molecule has 1 N–H and O–H groups in total. The summed E-state index contributed by atoms with van der Waals surface area (Å²) >= 11 is 0. The van der Waals surface area contributed by atoms with Crippen LogP contribution in [0.15, 0.2) is 48.8 Å². The van der Waals surface area contributed by atoms with E-state index in [9.17, 15) is 9.59 Å². The standard InChI is InChI=1S/C22H26N6O2/c1-16-14-17(2)28(25-16)19-9-7-18(8-10-19)24-22(30)20-6-3-4-13-27(20)21(29)15-26-12-5-11-23-26/h5,7-12,14,20H,3-4,6,13,15H2,1-2H3,(H,24,30). The molecule has 1 aliphatic heterocycles. The number of amides is 2. The van der Waals surface area contributed by atoms with Gasteiger partial charge in [-0.25, -0.2) is 4.68 Å². The molecule has 0 spiro atoms. The largest absolute Gasteiger partial charge is 0.329 e. The maximum absolute atomic E-state index is 13.0. The normalized spacial score (nSPS) is 16.5. The summed E-state index contributed by atoms with van der Waals surface area (Å²) in [6.45, 7) is 4.71. The molecule has 1 atom stereocenters. The van der Waals surface area contributed by atoms with Crippen molar-refractivity contribution in [3.63, 3.8) is 0 Å². The first kappa shape index (κ1) is 19.9. The second-order valence-corrected chi connectivity index (χ2v) is 7.68. The van der Waals surface area contributed by atoms with Gasteiger partial charge in [-0.05, 0) is 69.5 Å². The predicted octanol–water partition coefficient (Wildman–Crippen LogP) is 2.71. The van der Waals surface area contributed by atoms with Gasteiger partial charge in [0.15, 0.2) is 0 Å². The van der Waals surface area contributed by atoms with Crippen LogP contribution in [0.25, 0.3) is 5.69 Å². The van der Waals surface area contributed by atoms with Crippen LogP contribution in [0.3, 0.4) is 0 Å². The van der Waals surface area contributed by atoms with Crippen LogP contribution in [0, 0.1) is 13.8 Å². The highest BCUT2D eigenvalue weighted by atomic mass is 16.2. The summed E-state index contributed by atoms with van der Waals surface area (Å²) in [4.78, 5) is 27.4. The second kappa shape index (κ2) is 8.52. The molecule has 8 heteroatoms. The smallest absolute Gasteiger partial charge is 0.247 e. The summed E-state index contributed by atoms with van der Waals surface area (Å²) in [5.41, 5.74) is 3.66. The van der Waals surface area contributed by atoms with Crippen LogP contribution in [-0.2, 0) is 16.1 Å². The van der Waals surface area contributed by atoms with Gasteiger partial charge in [-0.2, -0.15) is 10.2 Å². The third kappa shape index (κ3) is 4.27. The zero-order chi connectivity index (χ0) is 21.1. The maximum atomic E-state index is 13.0. The molecular formula is C22H26N6O2. The van der Waals surface area contributed by atoms with E-state index in [-0.39, 0.29) is 18.4 Å². The highest BCUT2D eigenvalue weighted by Gasteiger charge is 2.32. The van der Waals surface area contributed by atoms with Crippen molar-refractivity contribution < 1.29 is 9.59 Å². The Balaban J connectivity index is 1.43. The topological polar surface area (TPSA) is 85.0 Å². The van der Waals surface area contributed by atoms with E-state index in [2.05, 4.69) is 15.5 Å². The van der Waals surface area contributed by atoms with E-state index < -0.39 is 6.04 Å². The summed E-state index contributed by atoms with van der Waals surface area (Å²) < 4.78 is 3.46. The lowest BCUT2D eigenvalue weighted by atomic mass is 10.0. The van der Waals surface area contributed by atoms with Gasteiger partial charge in [0.25, 0.3) is 0 Å². The summed E-state index contributed by atoms with van der Waals surface area (Å²) in [5.74, 6) is -0.235. The highest BCUT2D eigenvalue weighted by molar-refractivity contribution is 5.97. The molecule has 0 saturated carbocycles. The minimum absolute atomic E-state index is 0.0848. The first-order valence-corrected chi connectivity index (χ1v) is 10.2. The summed E-state index contributed by atoms with van der Waals surface area (Å²) in [6.07, 6.45) is 5.90. The number of aryl methyl sites for hydroxylation is 2. The number of hydrogen-bond acceptors (Lipinski definition) is 4. The number of piperidine rings is 1. The summed E-state index contributed by atoms with van der Waals surface area (Å²) in [7, 11) is 0. The lowest BCUT2D eigenvalue weighted by Crippen LogP contribution is -2.51. The van der Waals surface area contributed by atoms with Crippen molar-refractivity contribution in [3.05, 3.63) is 60.2 Å². The van der Waals surface area contributed by atoms with Gasteiger partial charge in [0, 0.05) is 30.3 Å². The van der Waals surface area contributed by atoms with Gasteiger partial charge in [-0.3, -0.25) is 14.3 Å². The molecule has 0 radical (unpaired) electrons. The van der Waals surface area contributed by atoms with Crippen LogP contribution in [0.5, 0.6) is 0 Å². The monoisotopic (exact) mass is 406 g/mol. The minimum atomic E-state index is -0.461. The molecule has 30 heavy (non-hydrogen) atoms. The minimum Gasteiger partial charge on any atom is -0.329 e. The van der Waals surface area contributed by atoms with Crippen LogP contribution >= 0.6 is 0 Å². The Bertz CT molecular complexity index is 1020. The van der Waals surface area contributed by atoms with Crippen molar-refractivity contribution in [1.29, 1.82) is 0 Å². The molecule has 3 heterocycles. The van der Waals surface area contributed by atoms with Crippen LogP contribution in [0.4, 0.5) is 5.69 Å². The fourth-order valence-electron chi connectivity index (χ4n) is 3.93. The van der Waals surface area contributed by atoms with Gasteiger partial charge in [-0.15, -0.1) is 0 Å². The van der Waals surface area contributed by atoms with E-state index in [0.717, 1.165) is 29.9 Å². The first-order chi connectivity index (χ1) is 14.5. The third-order valence-electron chi connectivity index (χ3n) is 5.37. The molecule has 1 fully saturated rings. The summed E-state index contributed by atoms with van der Waals surface area (Å²) in [5, 5.41) is 11.5. The molecule has 2 aromatic heterocycles. The van der Waals surface area contributed by atoms with Crippen molar-refractivity contribution in [2.24, 2.45) is 0 Å². The van der Waals surface area contributed by atoms with Crippen LogP contribution in [0.2, 0.25) is 0 Å². The molecule has 1 saturated heterocycles. The molecule has 1 unspecified atom stereocenters. The number of carbonyl (C=O) groups excluding carboxylic acids is 2. The van der Waals surface area contributed by atoms with Gasteiger partial charge in [0.2, 0.25) is 11.8 Å². The van der Waals surface area contributed by atoms with E-state index in [4.69, 9.17) is 0 Å². The number of rotatable bonds is 5. The first-order valence-electron chi connectivity index (χ1n) is 10.2. The van der Waals surface area contributed by atoms with Crippen molar-refractivity contribution >= 4 is 17.5 Å². The number of likely N-dealkylation sites (tertiary alicyclic amines) is 1. The van der Waals surface area contributed by atoms with Gasteiger partial charge in [-0.1, -0.05) is 0 Å². The number of benzene rings is 1. The van der Waals surface area contributed by atoms with E-state index in [1.165, 1.54) is 0 Å². The Morgan fingerprint density at radius 2 is 1.97 bits per heavy atom. The molecule has 1 aliphatic rings. The highest BCUT2D eigenvalue weighted by Crippen LogP contribution is 2.21. The SMILES string of the molecule is Cc1cc(C)n(-c2ccc(NC(=O)C3CCCCN3C(=O)Cn3cccn3)cc2)n1. The Hall–Kier alpha value is -3.42. The van der Waals surface area contributed by atoms with E-state index >= 15 is 0 Å². The van der Waals surface area contributed by atoms with Crippen LogP contribution in [0.1, 0.15) is 30.7 Å². The van der Waals surface area contributed by atoms with Crippen molar-refractivity contribution in [2.45, 2.75) is 45.7 Å². The molecule has 8 nitrogen and oxygen atoms in total. The number of aromatic nitrogens is 4. The van der Waals surface area contributed by atoms with E-state index in [1.807, 2.05) is 48.9 Å². The Morgan fingerprint density at radius 1 is 1.17 bits per heavy atom. The van der Waals surface area contributed by atoms with Crippen molar-refractivity contribution in [1.82, 2.24) is 24.5 Å². The maximum Gasteiger partial charge on any atom is 0.247 e. The number of nitrogens with zero attached hydrogens (tertiary/aromatic N) is 5. The number of carbonyl (C=O) groups is 2. The lowest BCUT2D eigenvalue weighted by Gasteiger charge is -2.34. The molecule has 156 valence electrons. The van der Waals surface area contributed by atoms with Gasteiger partial charge in [0.05, 0.1) is 11.4 Å². The van der Waals surface area contributed by atoms with Gasteiger partial charge >= 0.3 is 0 Å². The molecule has 3 aromatic rings. The third-order valence-corrected chi connectivity index (χ3v) is 5.37. The Morgan fingerprint density at radius 3 is 2.63 bits per heavy atom. The summed E-state index contributed by atoms with van der Waals surface area (Å²) in [6, 6.07) is 10.9. The fourth-order valence-corrected chi connectivity index (χ4v) is 3.93. The average Bonchev–Trinajstić information content (AvgIpc) is 3.37. The number of hydrogen-bond donors (Lipinski definition) is 1. The Labute approximate surface area is 175 Å². The molecule has 4 rings (SSSR count). The van der Waals surface area contributed by atoms with Crippen molar-refractivity contribution in [2.75, 3.05) is 11.9 Å². The lowest BCUT2D eigenvalue weighted by molar-refractivity contribution is -0.141. The van der Waals surface area contributed by atoms with Gasteiger partial charge < -0.3 is 10.2 Å². The zero-order valence-electron chi connectivity index (χ0n) is 17.3. The molecule has 0 aliphatic carbocycles. The average molecular weight is 406 g/mol. The molecule has 2 amide bonds. The molecular weight excluding hydrogens is 380 g/mol. The van der Waals surface area contributed by atoms with Crippen LogP contribution in [-0.4, -0.2) is 48.9 Å². The van der Waals surface area contributed by atoms with E-state index in [0.29, 0.717) is 18.7 Å². The van der Waals surface area contributed by atoms with Gasteiger partial charge in [0.1, 0.15) is 12.6 Å². The Kier molecular flexibility index (Phi) is 5.65. The number of nitrogens with one attached hydrogen (secondary N) is 1. The predicted molar refractivity (Wildman–Crippen MR) is 113 cm³/mol. The fraction of sp³-hybridized carbons (Fsp3) is 0.364. The quantitative estimate of drug-likeness (QED) is 0.706. The molecule has 0 bridgehead atoms. The van der Waals surface area contributed by atoms with Crippen LogP contribution < -0.4 is 5.32 Å². The van der Waals surface area contributed by atoms with Crippen molar-refractivity contribution in [3.8, 4) is 5.69 Å².